The molecule has 1 aliphatic rings. The van der Waals surface area contributed by atoms with Gasteiger partial charge in [0.05, 0.1) is 12.3 Å². The van der Waals surface area contributed by atoms with E-state index in [4.69, 9.17) is 9.47 Å². The molecule has 1 aromatic heterocycles. The number of anilines is 1. The van der Waals surface area contributed by atoms with Gasteiger partial charge in [0.15, 0.2) is 11.9 Å². The average Bonchev–Trinajstić information content (AvgIpc) is 2.85. The maximum atomic E-state index is 12.8. The largest absolute Gasteiger partial charge is 0.494 e. The van der Waals surface area contributed by atoms with Crippen molar-refractivity contribution in [2.45, 2.75) is 20.0 Å². The van der Waals surface area contributed by atoms with Crippen molar-refractivity contribution in [1.82, 2.24) is 15.1 Å². The number of benzene rings is 2. The third-order valence-electron chi connectivity index (χ3n) is 5.43. The Labute approximate surface area is 188 Å². The highest BCUT2D eigenvalue weighted by atomic mass is 16.5. The normalized spacial score (nSPS) is 14.7. The van der Waals surface area contributed by atoms with Crippen LogP contribution in [0.1, 0.15) is 13.8 Å². The summed E-state index contributed by atoms with van der Waals surface area (Å²) in [6.45, 7) is 7.08. The molecule has 32 heavy (non-hydrogen) atoms. The van der Waals surface area contributed by atoms with E-state index in [1.165, 1.54) is 0 Å². The minimum Gasteiger partial charge on any atom is -0.494 e. The van der Waals surface area contributed by atoms with Crippen molar-refractivity contribution in [1.29, 1.82) is 0 Å². The van der Waals surface area contributed by atoms with Crippen molar-refractivity contribution >= 4 is 11.7 Å². The third-order valence-corrected chi connectivity index (χ3v) is 5.43. The van der Waals surface area contributed by atoms with Gasteiger partial charge < -0.3 is 19.3 Å². The Balaban J connectivity index is 1.31. The minimum absolute atomic E-state index is 0.00503. The Morgan fingerprint density at radius 2 is 1.62 bits per heavy atom. The topological polar surface area (TPSA) is 67.8 Å². The average molecular weight is 433 g/mol. The molecule has 0 N–H and O–H groups in total. The Kier molecular flexibility index (Phi) is 6.84. The predicted molar refractivity (Wildman–Crippen MR) is 124 cm³/mol. The van der Waals surface area contributed by atoms with E-state index in [-0.39, 0.29) is 5.91 Å². The van der Waals surface area contributed by atoms with Crippen molar-refractivity contribution in [2.24, 2.45) is 0 Å². The van der Waals surface area contributed by atoms with E-state index < -0.39 is 6.10 Å². The second-order valence-corrected chi connectivity index (χ2v) is 7.62. The van der Waals surface area contributed by atoms with Gasteiger partial charge in [-0.1, -0.05) is 18.2 Å². The van der Waals surface area contributed by atoms with Crippen LogP contribution in [-0.2, 0) is 4.79 Å². The van der Waals surface area contributed by atoms with E-state index in [2.05, 4.69) is 15.1 Å². The van der Waals surface area contributed by atoms with Gasteiger partial charge in [0.25, 0.3) is 5.91 Å². The number of hydrogen-bond donors (Lipinski definition) is 0. The number of amides is 1. The molecule has 1 fully saturated rings. The lowest BCUT2D eigenvalue weighted by Crippen LogP contribution is -2.52. The van der Waals surface area contributed by atoms with E-state index in [1.807, 2.05) is 78.6 Å². The van der Waals surface area contributed by atoms with Crippen LogP contribution in [0.5, 0.6) is 11.5 Å². The van der Waals surface area contributed by atoms with Crippen LogP contribution in [0.15, 0.2) is 66.7 Å². The van der Waals surface area contributed by atoms with Crippen LogP contribution in [0.2, 0.25) is 0 Å². The zero-order valence-electron chi connectivity index (χ0n) is 18.5. The fourth-order valence-electron chi connectivity index (χ4n) is 3.70. The van der Waals surface area contributed by atoms with Crippen LogP contribution in [-0.4, -0.2) is 59.9 Å². The van der Waals surface area contributed by atoms with Crippen LogP contribution in [0.4, 0.5) is 5.82 Å². The van der Waals surface area contributed by atoms with Gasteiger partial charge in [-0.3, -0.25) is 4.79 Å². The smallest absolute Gasteiger partial charge is 0.263 e. The number of carbonyl (C=O) groups excluding carboxylic acids is 1. The van der Waals surface area contributed by atoms with E-state index in [0.717, 1.165) is 22.8 Å². The molecule has 1 amide bonds. The molecule has 7 heteroatoms. The van der Waals surface area contributed by atoms with Gasteiger partial charge in [-0.15, -0.1) is 10.2 Å². The Morgan fingerprint density at radius 3 is 2.25 bits per heavy atom. The fourth-order valence-corrected chi connectivity index (χ4v) is 3.70. The predicted octanol–water partition coefficient (Wildman–Crippen LogP) is 3.66. The molecule has 1 atom stereocenters. The molecule has 166 valence electrons. The zero-order chi connectivity index (χ0) is 22.3. The lowest BCUT2D eigenvalue weighted by Gasteiger charge is -2.36. The molecule has 0 spiro atoms. The number of carbonyl (C=O) groups is 1. The third kappa shape index (κ3) is 5.17. The van der Waals surface area contributed by atoms with Crippen molar-refractivity contribution in [3.63, 3.8) is 0 Å². The second-order valence-electron chi connectivity index (χ2n) is 7.62. The highest BCUT2D eigenvalue weighted by molar-refractivity contribution is 5.81. The van der Waals surface area contributed by atoms with Gasteiger partial charge >= 0.3 is 0 Å². The molecule has 4 rings (SSSR count). The highest BCUT2D eigenvalue weighted by Crippen LogP contribution is 2.22. The summed E-state index contributed by atoms with van der Waals surface area (Å²) < 4.78 is 11.3. The molecule has 0 aliphatic carbocycles. The number of ether oxygens (including phenoxy) is 2. The second kappa shape index (κ2) is 10.1. The van der Waals surface area contributed by atoms with Crippen LogP contribution < -0.4 is 14.4 Å². The molecule has 0 radical (unpaired) electrons. The number of piperazine rings is 1. The number of aromatic nitrogens is 2. The summed E-state index contributed by atoms with van der Waals surface area (Å²) in [7, 11) is 0. The molecule has 3 aromatic rings. The summed E-state index contributed by atoms with van der Waals surface area (Å²) in [5.74, 6) is 2.37. The van der Waals surface area contributed by atoms with E-state index in [0.29, 0.717) is 38.5 Å². The van der Waals surface area contributed by atoms with Crippen molar-refractivity contribution in [3.05, 3.63) is 66.7 Å². The zero-order valence-corrected chi connectivity index (χ0v) is 18.5. The van der Waals surface area contributed by atoms with Crippen molar-refractivity contribution < 1.29 is 14.3 Å². The Hall–Kier alpha value is -3.61. The van der Waals surface area contributed by atoms with Gasteiger partial charge in [0, 0.05) is 31.7 Å². The van der Waals surface area contributed by atoms with Gasteiger partial charge in [-0.05, 0) is 62.4 Å². The highest BCUT2D eigenvalue weighted by Gasteiger charge is 2.26. The summed E-state index contributed by atoms with van der Waals surface area (Å²) >= 11 is 0. The SMILES string of the molecule is CCOc1ccc(-c2ccc(N3CCN(C(=O)C(C)Oc4ccccc4)CC3)nn2)cc1. The number of hydrogen-bond acceptors (Lipinski definition) is 6. The van der Waals surface area contributed by atoms with E-state index >= 15 is 0 Å². The lowest BCUT2D eigenvalue weighted by atomic mass is 10.1. The van der Waals surface area contributed by atoms with Crippen LogP contribution >= 0.6 is 0 Å². The first-order valence-corrected chi connectivity index (χ1v) is 11.0. The minimum atomic E-state index is -0.517. The van der Waals surface area contributed by atoms with Gasteiger partial charge in [0.2, 0.25) is 0 Å². The van der Waals surface area contributed by atoms with Crippen molar-refractivity contribution in [3.8, 4) is 22.8 Å². The lowest BCUT2D eigenvalue weighted by molar-refractivity contribution is -0.138. The van der Waals surface area contributed by atoms with Crippen LogP contribution in [0, 0.1) is 0 Å². The molecule has 2 heterocycles. The Bertz CT molecular complexity index is 1000. The molecule has 2 aromatic carbocycles. The molecule has 0 bridgehead atoms. The fraction of sp³-hybridized carbons (Fsp3) is 0.320. The summed E-state index contributed by atoms with van der Waals surface area (Å²) in [5.41, 5.74) is 1.81. The maximum Gasteiger partial charge on any atom is 0.263 e. The van der Waals surface area contributed by atoms with Crippen molar-refractivity contribution in [2.75, 3.05) is 37.7 Å². The number of rotatable bonds is 7. The standard InChI is InChI=1S/C25H28N4O3/c1-3-31-21-11-9-20(10-12-21)23-13-14-24(27-26-23)28-15-17-29(18-16-28)25(30)19(2)32-22-7-5-4-6-8-22/h4-14,19H,3,15-18H2,1-2H3. The molecule has 0 saturated carbocycles. The van der Waals surface area contributed by atoms with Crippen LogP contribution in [0.3, 0.4) is 0 Å². The van der Waals surface area contributed by atoms with Gasteiger partial charge in [-0.2, -0.15) is 0 Å². The molecule has 1 saturated heterocycles. The molecular weight excluding hydrogens is 404 g/mol. The monoisotopic (exact) mass is 432 g/mol. The summed E-state index contributed by atoms with van der Waals surface area (Å²) in [6.07, 6.45) is -0.517. The molecule has 7 nitrogen and oxygen atoms in total. The van der Waals surface area contributed by atoms with Gasteiger partial charge in [0.1, 0.15) is 11.5 Å². The maximum absolute atomic E-state index is 12.8. The first-order valence-electron chi connectivity index (χ1n) is 11.0. The van der Waals surface area contributed by atoms with E-state index in [9.17, 15) is 4.79 Å². The van der Waals surface area contributed by atoms with E-state index in [1.54, 1.807) is 6.92 Å². The Morgan fingerprint density at radius 1 is 0.906 bits per heavy atom. The summed E-state index contributed by atoms with van der Waals surface area (Å²) in [4.78, 5) is 16.8. The van der Waals surface area contributed by atoms with Gasteiger partial charge in [-0.25, -0.2) is 0 Å². The number of para-hydroxylation sites is 1. The quantitative estimate of drug-likeness (QED) is 0.568. The summed E-state index contributed by atoms with van der Waals surface area (Å²) in [6, 6.07) is 21.2. The molecule has 1 aliphatic heterocycles. The first kappa shape index (κ1) is 21.6. The first-order chi connectivity index (χ1) is 15.6. The molecular formula is C25H28N4O3. The summed E-state index contributed by atoms with van der Waals surface area (Å²) in [5, 5.41) is 8.81. The van der Waals surface area contributed by atoms with Crippen LogP contribution in [0.25, 0.3) is 11.3 Å². The molecule has 1 unspecified atom stereocenters. The number of nitrogens with zero attached hydrogens (tertiary/aromatic N) is 4.